The summed E-state index contributed by atoms with van der Waals surface area (Å²) < 4.78 is 20.6. The van der Waals surface area contributed by atoms with Gasteiger partial charge in [0, 0.05) is 21.9 Å². The smallest absolute Gasteiger partial charge is 0.341 e. The molecular formula is C22H21NO7S. The number of carbonyl (C=O) groups excluding carboxylic acids is 3. The molecule has 2 aromatic heterocycles. The summed E-state index contributed by atoms with van der Waals surface area (Å²) in [7, 11) is 2.87. The highest BCUT2D eigenvalue weighted by Crippen LogP contribution is 2.39. The average molecular weight is 443 g/mol. The van der Waals surface area contributed by atoms with Gasteiger partial charge in [0.15, 0.2) is 6.61 Å². The quantitative estimate of drug-likeness (QED) is 0.557. The van der Waals surface area contributed by atoms with Crippen molar-refractivity contribution in [1.29, 1.82) is 0 Å². The van der Waals surface area contributed by atoms with E-state index in [9.17, 15) is 14.4 Å². The number of fused-ring (bicyclic) bond motifs is 2. The minimum atomic E-state index is -0.560. The first kappa shape index (κ1) is 20.9. The molecular weight excluding hydrogens is 422 g/mol. The SMILES string of the molecule is COC(=O)c1c(NC(=O)COC(=O)Cc2coc3cc(OC)ccc23)sc2c1CCC2. The predicted molar refractivity (Wildman–Crippen MR) is 114 cm³/mol. The van der Waals surface area contributed by atoms with Crippen molar-refractivity contribution in [2.24, 2.45) is 0 Å². The fraction of sp³-hybridized carbons (Fsp3) is 0.318. The molecule has 9 heteroatoms. The third-order valence-electron chi connectivity index (χ3n) is 5.13. The van der Waals surface area contributed by atoms with E-state index >= 15 is 0 Å². The van der Waals surface area contributed by atoms with Crippen LogP contribution in [0.4, 0.5) is 5.00 Å². The third kappa shape index (κ3) is 4.27. The van der Waals surface area contributed by atoms with Crippen LogP contribution in [0.3, 0.4) is 0 Å². The maximum absolute atomic E-state index is 12.3. The zero-order valence-corrected chi connectivity index (χ0v) is 17.9. The standard InChI is InChI=1S/C22H21NO7S/c1-27-13-6-7-14-12(10-29-16(14)9-13)8-19(25)30-11-18(24)23-21-20(22(26)28-2)15-4-3-5-17(15)31-21/h6-7,9-10H,3-5,8,11H2,1-2H3,(H,23,24). The number of furan rings is 1. The Morgan fingerprint density at radius 3 is 2.81 bits per heavy atom. The molecule has 1 aliphatic carbocycles. The van der Waals surface area contributed by atoms with Gasteiger partial charge in [-0.1, -0.05) is 0 Å². The Hall–Kier alpha value is -3.33. The molecule has 0 atom stereocenters. The molecule has 1 amide bonds. The number of esters is 2. The molecule has 4 rings (SSSR count). The molecule has 0 saturated heterocycles. The minimum Gasteiger partial charge on any atom is -0.497 e. The molecule has 1 aromatic carbocycles. The lowest BCUT2D eigenvalue weighted by molar-refractivity contribution is -0.146. The van der Waals surface area contributed by atoms with Gasteiger partial charge in [-0.3, -0.25) is 9.59 Å². The Bertz CT molecular complexity index is 1160. The lowest BCUT2D eigenvalue weighted by atomic mass is 10.1. The number of rotatable bonds is 7. The summed E-state index contributed by atoms with van der Waals surface area (Å²) in [6.07, 6.45) is 4.09. The van der Waals surface area contributed by atoms with Gasteiger partial charge in [0.1, 0.15) is 16.3 Å². The molecule has 0 fully saturated rings. The van der Waals surface area contributed by atoms with E-state index in [4.69, 9.17) is 18.6 Å². The second-order valence-corrected chi connectivity index (χ2v) is 8.17. The Morgan fingerprint density at radius 2 is 2.03 bits per heavy atom. The van der Waals surface area contributed by atoms with Crippen LogP contribution >= 0.6 is 11.3 Å². The van der Waals surface area contributed by atoms with Gasteiger partial charge >= 0.3 is 11.9 Å². The van der Waals surface area contributed by atoms with Crippen LogP contribution in [-0.2, 0) is 38.3 Å². The number of carbonyl (C=O) groups is 3. The van der Waals surface area contributed by atoms with Gasteiger partial charge in [-0.25, -0.2) is 4.79 Å². The molecule has 0 radical (unpaired) electrons. The molecule has 1 aliphatic rings. The van der Waals surface area contributed by atoms with Crippen LogP contribution in [-0.4, -0.2) is 38.7 Å². The third-order valence-corrected chi connectivity index (χ3v) is 6.33. The van der Waals surface area contributed by atoms with Crippen LogP contribution in [0, 0.1) is 0 Å². The van der Waals surface area contributed by atoms with Crippen LogP contribution < -0.4 is 10.1 Å². The van der Waals surface area contributed by atoms with E-state index < -0.39 is 24.5 Å². The topological polar surface area (TPSA) is 104 Å². The number of benzene rings is 1. The van der Waals surface area contributed by atoms with E-state index in [0.29, 0.717) is 27.5 Å². The Morgan fingerprint density at radius 1 is 1.19 bits per heavy atom. The molecule has 0 unspecified atom stereocenters. The Kier molecular flexibility index (Phi) is 5.94. The van der Waals surface area contributed by atoms with Crippen molar-refractivity contribution in [1.82, 2.24) is 0 Å². The van der Waals surface area contributed by atoms with Gasteiger partial charge in [0.25, 0.3) is 5.91 Å². The van der Waals surface area contributed by atoms with Crippen LogP contribution in [0.2, 0.25) is 0 Å². The summed E-state index contributed by atoms with van der Waals surface area (Å²) in [6.45, 7) is -0.453. The number of thiophene rings is 1. The maximum atomic E-state index is 12.3. The van der Waals surface area contributed by atoms with Gasteiger partial charge < -0.3 is 23.9 Å². The van der Waals surface area contributed by atoms with Crippen LogP contribution in [0.25, 0.3) is 11.0 Å². The number of aryl methyl sites for hydroxylation is 1. The van der Waals surface area contributed by atoms with E-state index in [1.807, 2.05) is 0 Å². The number of anilines is 1. The highest BCUT2D eigenvalue weighted by Gasteiger charge is 2.28. The van der Waals surface area contributed by atoms with Crippen molar-refractivity contribution in [2.45, 2.75) is 25.7 Å². The van der Waals surface area contributed by atoms with Crippen LogP contribution in [0.1, 0.15) is 32.8 Å². The number of methoxy groups -OCH3 is 2. The van der Waals surface area contributed by atoms with Crippen molar-refractivity contribution in [3.63, 3.8) is 0 Å². The predicted octanol–water partition coefficient (Wildman–Crippen LogP) is 3.50. The molecule has 1 N–H and O–H groups in total. The lowest BCUT2D eigenvalue weighted by Crippen LogP contribution is -2.22. The van der Waals surface area contributed by atoms with E-state index in [2.05, 4.69) is 5.32 Å². The van der Waals surface area contributed by atoms with Crippen molar-refractivity contribution in [3.05, 3.63) is 46.0 Å². The monoisotopic (exact) mass is 443 g/mol. The number of nitrogens with one attached hydrogen (secondary N) is 1. The summed E-state index contributed by atoms with van der Waals surface area (Å²) in [6, 6.07) is 5.31. The first-order chi connectivity index (χ1) is 15.0. The summed E-state index contributed by atoms with van der Waals surface area (Å²) in [5.74, 6) is -0.899. The molecule has 0 spiro atoms. The number of ether oxygens (including phenoxy) is 3. The summed E-state index contributed by atoms with van der Waals surface area (Å²) in [5, 5.41) is 3.89. The Labute approximate surface area is 182 Å². The summed E-state index contributed by atoms with van der Waals surface area (Å²) in [4.78, 5) is 37.8. The normalized spacial score (nSPS) is 12.5. The molecule has 31 heavy (non-hydrogen) atoms. The molecule has 0 aliphatic heterocycles. The van der Waals surface area contributed by atoms with Crippen molar-refractivity contribution in [3.8, 4) is 5.75 Å². The first-order valence-electron chi connectivity index (χ1n) is 9.72. The van der Waals surface area contributed by atoms with Crippen molar-refractivity contribution in [2.75, 3.05) is 26.1 Å². The maximum Gasteiger partial charge on any atom is 0.341 e. The van der Waals surface area contributed by atoms with Crippen molar-refractivity contribution >= 4 is 45.2 Å². The zero-order valence-electron chi connectivity index (χ0n) is 17.1. The fourth-order valence-corrected chi connectivity index (χ4v) is 4.95. The summed E-state index contributed by atoms with van der Waals surface area (Å²) in [5.41, 5.74) is 2.60. The number of hydrogen-bond acceptors (Lipinski definition) is 8. The Balaban J connectivity index is 1.36. The van der Waals surface area contributed by atoms with E-state index in [-0.39, 0.29) is 6.42 Å². The number of hydrogen-bond donors (Lipinski definition) is 1. The highest BCUT2D eigenvalue weighted by molar-refractivity contribution is 7.17. The first-order valence-corrected chi connectivity index (χ1v) is 10.5. The number of amides is 1. The van der Waals surface area contributed by atoms with Crippen molar-refractivity contribution < 1.29 is 33.0 Å². The van der Waals surface area contributed by atoms with Gasteiger partial charge in [0.2, 0.25) is 0 Å². The summed E-state index contributed by atoms with van der Waals surface area (Å²) >= 11 is 1.37. The molecule has 2 heterocycles. The fourth-order valence-electron chi connectivity index (χ4n) is 3.65. The van der Waals surface area contributed by atoms with Gasteiger partial charge in [-0.2, -0.15) is 0 Å². The van der Waals surface area contributed by atoms with Gasteiger partial charge in [-0.05, 0) is 37.0 Å². The van der Waals surface area contributed by atoms with E-state index in [1.54, 1.807) is 25.3 Å². The van der Waals surface area contributed by atoms with Crippen LogP contribution in [0.15, 0.2) is 28.9 Å². The molecule has 0 bridgehead atoms. The molecule has 0 saturated carbocycles. The second kappa shape index (κ2) is 8.81. The molecule has 3 aromatic rings. The van der Waals surface area contributed by atoms with E-state index in [0.717, 1.165) is 35.1 Å². The highest BCUT2D eigenvalue weighted by atomic mass is 32.1. The van der Waals surface area contributed by atoms with Gasteiger partial charge in [0.05, 0.1) is 32.5 Å². The molecule has 8 nitrogen and oxygen atoms in total. The largest absolute Gasteiger partial charge is 0.497 e. The lowest BCUT2D eigenvalue weighted by Gasteiger charge is -2.08. The second-order valence-electron chi connectivity index (χ2n) is 7.06. The van der Waals surface area contributed by atoms with E-state index in [1.165, 1.54) is 24.7 Å². The zero-order chi connectivity index (χ0) is 22.0. The molecule has 162 valence electrons. The minimum absolute atomic E-state index is 0.0344. The average Bonchev–Trinajstić information content (AvgIpc) is 3.46. The van der Waals surface area contributed by atoms with Gasteiger partial charge in [-0.15, -0.1) is 11.3 Å². The van der Waals surface area contributed by atoms with Crippen LogP contribution in [0.5, 0.6) is 5.75 Å².